The number of carboxylic acids is 1. The van der Waals surface area contributed by atoms with E-state index in [2.05, 4.69) is 5.92 Å². The molecule has 2 heteroatoms. The van der Waals surface area contributed by atoms with Gasteiger partial charge in [-0.3, -0.25) is 4.79 Å². The monoisotopic (exact) mass is 168 g/mol. The lowest BCUT2D eigenvalue weighted by Crippen LogP contribution is -2.30. The minimum atomic E-state index is -0.792. The first-order valence-corrected chi connectivity index (χ1v) is 4.12. The van der Waals surface area contributed by atoms with Gasteiger partial charge in [-0.05, 0) is 5.41 Å². The van der Waals surface area contributed by atoms with Gasteiger partial charge in [0.25, 0.3) is 0 Å². The van der Waals surface area contributed by atoms with Crippen molar-refractivity contribution in [2.45, 2.75) is 33.6 Å². The maximum atomic E-state index is 10.8. The van der Waals surface area contributed by atoms with E-state index < -0.39 is 11.9 Å². The molecule has 0 bridgehead atoms. The Morgan fingerprint density at radius 2 is 2.17 bits per heavy atom. The number of carbonyl (C=O) groups is 1. The highest BCUT2D eigenvalue weighted by molar-refractivity contribution is 5.71. The van der Waals surface area contributed by atoms with Crippen LogP contribution < -0.4 is 0 Å². The van der Waals surface area contributed by atoms with Gasteiger partial charge in [0.05, 0.1) is 5.92 Å². The molecule has 0 aromatic carbocycles. The van der Waals surface area contributed by atoms with Crippen molar-refractivity contribution in [3.8, 4) is 12.3 Å². The summed E-state index contributed by atoms with van der Waals surface area (Å²) in [5, 5.41) is 8.88. The van der Waals surface area contributed by atoms with Crippen LogP contribution in [0.15, 0.2) is 0 Å². The predicted octanol–water partition coefficient (Wildman–Crippen LogP) is 2.15. The molecule has 1 unspecified atom stereocenters. The van der Waals surface area contributed by atoms with Crippen molar-refractivity contribution in [1.29, 1.82) is 0 Å². The average Bonchev–Trinajstić information content (AvgIpc) is 1.99. The van der Waals surface area contributed by atoms with E-state index in [0.29, 0.717) is 6.42 Å². The third-order valence-electron chi connectivity index (χ3n) is 2.47. The number of hydrogen-bond acceptors (Lipinski definition) is 1. The van der Waals surface area contributed by atoms with Gasteiger partial charge in [0, 0.05) is 6.42 Å². The summed E-state index contributed by atoms with van der Waals surface area (Å²) in [5.41, 5.74) is -0.210. The molecule has 0 rings (SSSR count). The van der Waals surface area contributed by atoms with Crippen molar-refractivity contribution in [2.24, 2.45) is 11.3 Å². The smallest absolute Gasteiger partial charge is 0.308 e. The number of carboxylic acid groups (broad SMARTS) is 1. The van der Waals surface area contributed by atoms with Gasteiger partial charge in [-0.15, -0.1) is 12.3 Å². The second kappa shape index (κ2) is 4.15. The summed E-state index contributed by atoms with van der Waals surface area (Å²) < 4.78 is 0. The summed E-state index contributed by atoms with van der Waals surface area (Å²) in [6.45, 7) is 5.85. The van der Waals surface area contributed by atoms with Crippen LogP contribution in [0.3, 0.4) is 0 Å². The topological polar surface area (TPSA) is 37.3 Å². The van der Waals surface area contributed by atoms with Crippen molar-refractivity contribution in [3.05, 3.63) is 0 Å². The van der Waals surface area contributed by atoms with E-state index in [0.717, 1.165) is 6.42 Å². The van der Waals surface area contributed by atoms with E-state index in [4.69, 9.17) is 11.5 Å². The molecule has 68 valence electrons. The summed E-state index contributed by atoms with van der Waals surface area (Å²) in [4.78, 5) is 10.8. The van der Waals surface area contributed by atoms with E-state index in [1.54, 1.807) is 0 Å². The Morgan fingerprint density at radius 3 is 2.42 bits per heavy atom. The van der Waals surface area contributed by atoms with Crippen molar-refractivity contribution < 1.29 is 9.90 Å². The first kappa shape index (κ1) is 11.0. The van der Waals surface area contributed by atoms with Gasteiger partial charge in [0.2, 0.25) is 0 Å². The van der Waals surface area contributed by atoms with Gasteiger partial charge in [0.1, 0.15) is 0 Å². The first-order valence-electron chi connectivity index (χ1n) is 4.12. The maximum Gasteiger partial charge on any atom is 0.308 e. The van der Waals surface area contributed by atoms with Crippen LogP contribution in [0.1, 0.15) is 33.6 Å². The maximum absolute atomic E-state index is 10.8. The lowest BCUT2D eigenvalue weighted by atomic mass is 9.75. The highest BCUT2D eigenvalue weighted by Crippen LogP contribution is 2.32. The molecule has 12 heavy (non-hydrogen) atoms. The lowest BCUT2D eigenvalue weighted by molar-refractivity contribution is -0.145. The molecule has 1 N–H and O–H groups in total. The van der Waals surface area contributed by atoms with Crippen LogP contribution in [0.5, 0.6) is 0 Å². The van der Waals surface area contributed by atoms with Crippen molar-refractivity contribution >= 4 is 5.97 Å². The van der Waals surface area contributed by atoms with Crippen molar-refractivity contribution in [1.82, 2.24) is 0 Å². The molecule has 0 saturated heterocycles. The summed E-state index contributed by atoms with van der Waals surface area (Å²) in [5.74, 6) is 1.19. The highest BCUT2D eigenvalue weighted by Gasteiger charge is 2.32. The quantitative estimate of drug-likeness (QED) is 0.653. The Labute approximate surface area is 74.0 Å². The molecule has 0 amide bonds. The fraction of sp³-hybridized carbons (Fsp3) is 0.700. The van der Waals surface area contributed by atoms with E-state index in [-0.39, 0.29) is 5.41 Å². The zero-order chi connectivity index (χ0) is 9.78. The van der Waals surface area contributed by atoms with Crippen LogP contribution in [0.2, 0.25) is 0 Å². The van der Waals surface area contributed by atoms with Crippen LogP contribution in [-0.2, 0) is 4.79 Å². The normalized spacial score (nSPS) is 13.5. The number of rotatable bonds is 4. The largest absolute Gasteiger partial charge is 0.481 e. The second-order valence-corrected chi connectivity index (χ2v) is 3.64. The summed E-state index contributed by atoms with van der Waals surface area (Å²) in [6, 6.07) is 0. The molecule has 0 spiro atoms. The van der Waals surface area contributed by atoms with Crippen LogP contribution >= 0.6 is 0 Å². The molecule has 0 aliphatic carbocycles. The van der Waals surface area contributed by atoms with Crippen LogP contribution in [0.25, 0.3) is 0 Å². The van der Waals surface area contributed by atoms with Crippen molar-refractivity contribution in [3.63, 3.8) is 0 Å². The molecule has 0 fully saturated rings. The van der Waals surface area contributed by atoms with E-state index in [9.17, 15) is 4.79 Å². The Hall–Kier alpha value is -0.970. The Bertz CT molecular complexity index is 198. The molecular weight excluding hydrogens is 152 g/mol. The van der Waals surface area contributed by atoms with Gasteiger partial charge in [-0.2, -0.15) is 0 Å². The molecule has 0 heterocycles. The standard InChI is InChI=1S/C10H16O2/c1-5-7-8(9(11)12)10(3,4)6-2/h1,8H,6-7H2,2-4H3,(H,11,12). The summed E-state index contributed by atoms with van der Waals surface area (Å²) in [6.07, 6.45) is 6.25. The van der Waals surface area contributed by atoms with E-state index in [1.165, 1.54) is 0 Å². The minimum Gasteiger partial charge on any atom is -0.481 e. The van der Waals surface area contributed by atoms with Crippen molar-refractivity contribution in [2.75, 3.05) is 0 Å². The first-order chi connectivity index (χ1) is 5.45. The van der Waals surface area contributed by atoms with E-state index >= 15 is 0 Å². The van der Waals surface area contributed by atoms with Crippen LogP contribution in [-0.4, -0.2) is 11.1 Å². The number of aliphatic carboxylic acids is 1. The molecular formula is C10H16O2. The fourth-order valence-corrected chi connectivity index (χ4v) is 1.06. The molecule has 2 nitrogen and oxygen atoms in total. The van der Waals surface area contributed by atoms with Gasteiger partial charge in [0.15, 0.2) is 0 Å². The number of terminal acetylenes is 1. The zero-order valence-corrected chi connectivity index (χ0v) is 7.92. The SMILES string of the molecule is C#CCC(C(=O)O)C(C)(C)CC. The Balaban J connectivity index is 4.52. The predicted molar refractivity (Wildman–Crippen MR) is 48.6 cm³/mol. The van der Waals surface area contributed by atoms with Crippen LogP contribution in [0.4, 0.5) is 0 Å². The minimum absolute atomic E-state index is 0.210. The zero-order valence-electron chi connectivity index (χ0n) is 7.92. The third-order valence-corrected chi connectivity index (χ3v) is 2.47. The molecule has 0 aliphatic rings. The lowest BCUT2D eigenvalue weighted by Gasteiger charge is -2.28. The van der Waals surface area contributed by atoms with Gasteiger partial charge < -0.3 is 5.11 Å². The van der Waals surface area contributed by atoms with E-state index in [1.807, 2.05) is 20.8 Å². The highest BCUT2D eigenvalue weighted by atomic mass is 16.4. The second-order valence-electron chi connectivity index (χ2n) is 3.64. The van der Waals surface area contributed by atoms with Crippen LogP contribution in [0, 0.1) is 23.7 Å². The van der Waals surface area contributed by atoms with Gasteiger partial charge in [-0.1, -0.05) is 27.2 Å². The Kier molecular flexibility index (Phi) is 3.82. The summed E-state index contributed by atoms with van der Waals surface area (Å²) in [7, 11) is 0. The van der Waals surface area contributed by atoms with Gasteiger partial charge >= 0.3 is 5.97 Å². The van der Waals surface area contributed by atoms with Gasteiger partial charge in [-0.25, -0.2) is 0 Å². The summed E-state index contributed by atoms with van der Waals surface area (Å²) >= 11 is 0. The molecule has 1 atom stereocenters. The molecule has 0 aliphatic heterocycles. The third kappa shape index (κ3) is 2.58. The molecule has 0 radical (unpaired) electrons. The number of hydrogen-bond donors (Lipinski definition) is 1. The molecule has 0 aromatic heterocycles. The average molecular weight is 168 g/mol. The molecule has 0 saturated carbocycles. The Morgan fingerprint density at radius 1 is 1.67 bits per heavy atom. The fourth-order valence-electron chi connectivity index (χ4n) is 1.06. The molecule has 0 aromatic rings.